The van der Waals surface area contributed by atoms with Crippen LogP contribution >= 0.6 is 0 Å². The van der Waals surface area contributed by atoms with Crippen molar-refractivity contribution in [3.05, 3.63) is 101 Å². The quantitative estimate of drug-likeness (QED) is 0.321. The molecular formula is C27H28N2O4. The minimum atomic E-state index is -0.965. The number of nitrogens with zero attached hydrogens (tertiary/aromatic N) is 1. The molecule has 0 spiro atoms. The van der Waals surface area contributed by atoms with Crippen molar-refractivity contribution in [1.82, 2.24) is 10.5 Å². The van der Waals surface area contributed by atoms with Crippen LogP contribution in [0.2, 0.25) is 0 Å². The molecule has 1 aliphatic rings. The van der Waals surface area contributed by atoms with Gasteiger partial charge in [-0.05, 0) is 60.6 Å². The third-order valence-electron chi connectivity index (χ3n) is 5.67. The highest BCUT2D eigenvalue weighted by Gasteiger charge is 2.17. The van der Waals surface area contributed by atoms with Gasteiger partial charge < -0.3 is 9.84 Å². The molecule has 0 bridgehead atoms. The van der Waals surface area contributed by atoms with E-state index in [-0.39, 0.29) is 12.7 Å². The molecule has 4 rings (SSSR count). The number of aliphatic carboxylic acids is 1. The average molecular weight is 445 g/mol. The number of carboxylic acid groups (broad SMARTS) is 1. The van der Waals surface area contributed by atoms with Crippen LogP contribution in [0.3, 0.4) is 0 Å². The zero-order valence-electron chi connectivity index (χ0n) is 18.4. The van der Waals surface area contributed by atoms with E-state index in [0.717, 1.165) is 54.5 Å². The molecule has 2 aromatic carbocycles. The number of nitrogens with one attached hydrogen (secondary N) is 1. The van der Waals surface area contributed by atoms with Gasteiger partial charge in [0.2, 0.25) is 0 Å². The summed E-state index contributed by atoms with van der Waals surface area (Å²) in [6.45, 7) is 0.419. The van der Waals surface area contributed by atoms with Crippen LogP contribution < -0.4 is 10.2 Å². The van der Waals surface area contributed by atoms with Crippen molar-refractivity contribution in [2.45, 2.75) is 31.8 Å². The second kappa shape index (κ2) is 11.4. The molecule has 1 unspecified atom stereocenters. The largest absolute Gasteiger partial charge is 0.482 e. The Kier molecular flexibility index (Phi) is 7.85. The average Bonchev–Trinajstić information content (AvgIpc) is 2.85. The van der Waals surface area contributed by atoms with Crippen molar-refractivity contribution in [3.63, 3.8) is 0 Å². The van der Waals surface area contributed by atoms with Crippen LogP contribution in [-0.2, 0) is 16.1 Å². The number of ether oxygens (including phenoxy) is 1. The molecule has 0 saturated carbocycles. The Hall–Kier alpha value is -3.48. The molecule has 33 heavy (non-hydrogen) atoms. The highest BCUT2D eigenvalue weighted by molar-refractivity contribution is 5.69. The van der Waals surface area contributed by atoms with E-state index in [2.05, 4.69) is 34.7 Å². The number of rotatable bonds is 11. The van der Waals surface area contributed by atoms with Crippen LogP contribution in [-0.4, -0.2) is 29.2 Å². The van der Waals surface area contributed by atoms with Crippen LogP contribution in [0, 0.1) is 0 Å². The predicted octanol–water partition coefficient (Wildman–Crippen LogP) is 4.97. The first-order valence-electron chi connectivity index (χ1n) is 11.2. The van der Waals surface area contributed by atoms with Gasteiger partial charge in [0.1, 0.15) is 11.9 Å². The van der Waals surface area contributed by atoms with E-state index in [1.807, 2.05) is 42.5 Å². The predicted molar refractivity (Wildman–Crippen MR) is 127 cm³/mol. The van der Waals surface area contributed by atoms with Gasteiger partial charge in [0.15, 0.2) is 6.61 Å². The van der Waals surface area contributed by atoms with Gasteiger partial charge in [-0.25, -0.2) is 10.3 Å². The topological polar surface area (TPSA) is 80.7 Å². The van der Waals surface area contributed by atoms with Gasteiger partial charge in [-0.15, -0.1) is 0 Å². The summed E-state index contributed by atoms with van der Waals surface area (Å²) < 4.78 is 5.45. The molecule has 2 N–H and O–H groups in total. The van der Waals surface area contributed by atoms with Crippen LogP contribution in [0.1, 0.15) is 47.6 Å². The van der Waals surface area contributed by atoms with Gasteiger partial charge in [-0.1, -0.05) is 54.1 Å². The monoisotopic (exact) mass is 444 g/mol. The summed E-state index contributed by atoms with van der Waals surface area (Å²) in [6.07, 6.45) is 9.30. The number of fused-ring (bicyclic) bond motifs is 1. The fourth-order valence-electron chi connectivity index (χ4n) is 4.06. The van der Waals surface area contributed by atoms with Crippen molar-refractivity contribution in [2.75, 3.05) is 13.2 Å². The Labute approximate surface area is 193 Å². The molecule has 6 heteroatoms. The Bertz CT molecular complexity index is 1040. The van der Waals surface area contributed by atoms with Crippen molar-refractivity contribution in [2.24, 2.45) is 0 Å². The lowest BCUT2D eigenvalue weighted by Crippen LogP contribution is -2.21. The molecule has 0 radical (unpaired) electrons. The number of allylic oxidation sites excluding steroid dienone is 1. The smallest absolute Gasteiger partial charge is 0.341 e. The number of benzene rings is 2. The molecule has 1 aliphatic carbocycles. The van der Waals surface area contributed by atoms with Crippen LogP contribution in [0.25, 0.3) is 6.08 Å². The highest BCUT2D eigenvalue weighted by Crippen LogP contribution is 2.32. The summed E-state index contributed by atoms with van der Waals surface area (Å²) in [5.74, 6) is -0.295. The first-order chi connectivity index (χ1) is 16.2. The molecular weight excluding hydrogens is 416 g/mol. The second-order valence-electron chi connectivity index (χ2n) is 8.00. The van der Waals surface area contributed by atoms with Gasteiger partial charge in [-0.3, -0.25) is 9.82 Å². The summed E-state index contributed by atoms with van der Waals surface area (Å²) in [5, 5.41) is 8.87. The third-order valence-corrected chi connectivity index (χ3v) is 5.67. The Balaban J connectivity index is 1.30. The van der Waals surface area contributed by atoms with E-state index in [4.69, 9.17) is 14.7 Å². The summed E-state index contributed by atoms with van der Waals surface area (Å²) in [6, 6.07) is 19.9. The van der Waals surface area contributed by atoms with Crippen LogP contribution in [0.5, 0.6) is 5.75 Å². The number of pyridine rings is 1. The first-order valence-corrected chi connectivity index (χ1v) is 11.2. The normalized spacial score (nSPS) is 13.6. The second-order valence-corrected chi connectivity index (χ2v) is 8.00. The fourth-order valence-corrected chi connectivity index (χ4v) is 4.06. The number of hydrogen-bond acceptors (Lipinski definition) is 5. The van der Waals surface area contributed by atoms with Gasteiger partial charge in [0, 0.05) is 24.5 Å². The molecule has 3 aromatic rings. The standard InChI is InChI=1S/C27H28N2O4/c30-26(31)19-32-25-10-4-9-23-18-20(11-12-24(23)25)6-5-15-29-33-27(21-7-2-1-3-8-21)22-13-16-28-17-14-22/h1-4,7-10,13-14,16-18,27,29H,5-6,11-12,15,19H2,(H,30,31). The van der Waals surface area contributed by atoms with Crippen molar-refractivity contribution < 1.29 is 19.5 Å². The Morgan fingerprint density at radius 2 is 1.79 bits per heavy atom. The molecule has 1 aromatic heterocycles. The molecule has 0 saturated heterocycles. The summed E-state index contributed by atoms with van der Waals surface area (Å²) >= 11 is 0. The van der Waals surface area contributed by atoms with Crippen LogP contribution in [0.15, 0.2) is 78.6 Å². The van der Waals surface area contributed by atoms with E-state index in [1.165, 1.54) is 5.57 Å². The van der Waals surface area contributed by atoms with Crippen molar-refractivity contribution in [1.29, 1.82) is 0 Å². The lowest BCUT2D eigenvalue weighted by Gasteiger charge is -2.20. The zero-order valence-corrected chi connectivity index (χ0v) is 18.4. The maximum absolute atomic E-state index is 10.8. The maximum atomic E-state index is 10.8. The third kappa shape index (κ3) is 6.28. The van der Waals surface area contributed by atoms with Crippen molar-refractivity contribution in [3.8, 4) is 5.75 Å². The number of hydroxylamine groups is 1. The summed E-state index contributed by atoms with van der Waals surface area (Å²) in [7, 11) is 0. The highest BCUT2D eigenvalue weighted by atomic mass is 16.7. The lowest BCUT2D eigenvalue weighted by atomic mass is 9.89. The Morgan fingerprint density at radius 3 is 2.58 bits per heavy atom. The number of carbonyl (C=O) groups is 1. The fraction of sp³-hybridized carbons (Fsp3) is 0.259. The minimum absolute atomic E-state index is 0.195. The minimum Gasteiger partial charge on any atom is -0.482 e. The summed E-state index contributed by atoms with van der Waals surface area (Å²) in [4.78, 5) is 21.0. The number of hydrogen-bond donors (Lipinski definition) is 2. The maximum Gasteiger partial charge on any atom is 0.341 e. The van der Waals surface area contributed by atoms with E-state index in [0.29, 0.717) is 5.75 Å². The number of carboxylic acids is 1. The Morgan fingerprint density at radius 1 is 1.00 bits per heavy atom. The molecule has 6 nitrogen and oxygen atoms in total. The first kappa shape index (κ1) is 22.7. The lowest BCUT2D eigenvalue weighted by molar-refractivity contribution is -0.139. The van der Waals surface area contributed by atoms with E-state index in [1.54, 1.807) is 12.4 Å². The van der Waals surface area contributed by atoms with Crippen LogP contribution in [0.4, 0.5) is 0 Å². The number of aromatic nitrogens is 1. The molecule has 1 atom stereocenters. The van der Waals surface area contributed by atoms with E-state index >= 15 is 0 Å². The van der Waals surface area contributed by atoms with Gasteiger partial charge >= 0.3 is 5.97 Å². The molecule has 170 valence electrons. The van der Waals surface area contributed by atoms with Gasteiger partial charge in [0.25, 0.3) is 0 Å². The molecule has 0 fully saturated rings. The van der Waals surface area contributed by atoms with E-state index in [9.17, 15) is 4.79 Å². The molecule has 1 heterocycles. The molecule has 0 aliphatic heterocycles. The van der Waals surface area contributed by atoms with Gasteiger partial charge in [-0.2, -0.15) is 0 Å². The van der Waals surface area contributed by atoms with Gasteiger partial charge in [0.05, 0.1) is 0 Å². The SMILES string of the molecule is O=C(O)COc1cccc2c1CCC(CCCNOC(c1ccccc1)c1ccncc1)=C2. The van der Waals surface area contributed by atoms with Crippen molar-refractivity contribution >= 4 is 12.0 Å². The zero-order chi connectivity index (χ0) is 22.9. The van der Waals surface area contributed by atoms with E-state index < -0.39 is 5.97 Å². The molecule has 0 amide bonds. The summed E-state index contributed by atoms with van der Waals surface area (Å²) in [5.41, 5.74) is 8.88.